The van der Waals surface area contributed by atoms with Crippen LogP contribution in [0.2, 0.25) is 0 Å². The van der Waals surface area contributed by atoms with Crippen molar-refractivity contribution in [1.82, 2.24) is 4.90 Å². The minimum absolute atomic E-state index is 0.152. The van der Waals surface area contributed by atoms with Gasteiger partial charge in [-0.15, -0.1) is 0 Å². The molecule has 2 aromatic rings. The van der Waals surface area contributed by atoms with E-state index in [9.17, 15) is 9.59 Å². The number of benzene rings is 2. The van der Waals surface area contributed by atoms with Gasteiger partial charge in [-0.2, -0.15) is 0 Å². The number of hydrogen-bond donors (Lipinski definition) is 0. The molecule has 0 aliphatic carbocycles. The molecule has 0 N–H and O–H groups in total. The lowest BCUT2D eigenvalue weighted by Gasteiger charge is -2.20. The third-order valence-corrected chi connectivity index (χ3v) is 4.58. The molecule has 0 radical (unpaired) electrons. The smallest absolute Gasteiger partial charge is 0.363 e. The highest BCUT2D eigenvalue weighted by Gasteiger charge is 2.24. The van der Waals surface area contributed by atoms with Crippen LogP contribution in [0.4, 0.5) is 0 Å². The summed E-state index contributed by atoms with van der Waals surface area (Å²) in [5.74, 6) is 0.533. The summed E-state index contributed by atoms with van der Waals surface area (Å²) in [6.45, 7) is 5.95. The topological polar surface area (TPSA) is 77.4 Å². The maximum absolute atomic E-state index is 12.3. The van der Waals surface area contributed by atoms with E-state index in [1.807, 2.05) is 38.1 Å². The van der Waals surface area contributed by atoms with Crippen LogP contribution in [0.15, 0.2) is 53.2 Å². The second-order valence-electron chi connectivity index (χ2n) is 7.33. The molecule has 1 unspecified atom stereocenters. The molecule has 0 fully saturated rings. The Morgan fingerprint density at radius 2 is 1.87 bits per heavy atom. The fraction of sp³-hybridized carbons (Fsp3) is 0.292. The summed E-state index contributed by atoms with van der Waals surface area (Å²) < 4.78 is 16.8. The number of hydrogen-bond acceptors (Lipinski definition) is 6. The number of rotatable bonds is 7. The van der Waals surface area contributed by atoms with Crippen LogP contribution in [0.5, 0.6) is 11.5 Å². The minimum atomic E-state index is -0.662. The van der Waals surface area contributed by atoms with Gasteiger partial charge in [-0.05, 0) is 56.7 Å². The first-order valence-electron chi connectivity index (χ1n) is 10.0. The molecule has 1 aliphatic heterocycles. The Hall–Kier alpha value is -3.61. The van der Waals surface area contributed by atoms with Crippen LogP contribution in [0.3, 0.4) is 0 Å². The zero-order valence-corrected chi connectivity index (χ0v) is 18.3. The van der Waals surface area contributed by atoms with Crippen molar-refractivity contribution in [2.45, 2.75) is 26.9 Å². The van der Waals surface area contributed by atoms with E-state index in [0.29, 0.717) is 23.7 Å². The molecule has 0 aromatic heterocycles. The first-order chi connectivity index (χ1) is 14.8. The highest BCUT2D eigenvalue weighted by molar-refractivity contribution is 6.12. The van der Waals surface area contributed by atoms with Gasteiger partial charge in [0.15, 0.2) is 23.3 Å². The molecule has 0 saturated carbocycles. The number of likely N-dealkylation sites (N-methyl/N-ethyl adjacent to an activating group) is 1. The first kappa shape index (κ1) is 22.1. The highest BCUT2D eigenvalue weighted by atomic mass is 16.6. The quantitative estimate of drug-likeness (QED) is 0.503. The van der Waals surface area contributed by atoms with Gasteiger partial charge in [-0.25, -0.2) is 9.79 Å². The van der Waals surface area contributed by atoms with Gasteiger partial charge in [0, 0.05) is 19.7 Å². The number of ether oxygens (including phenoxy) is 3. The van der Waals surface area contributed by atoms with Gasteiger partial charge in [0.2, 0.25) is 5.90 Å². The molecule has 162 valence electrons. The summed E-state index contributed by atoms with van der Waals surface area (Å²) in [5, 5.41) is 0. The maximum Gasteiger partial charge on any atom is 0.363 e. The summed E-state index contributed by atoms with van der Waals surface area (Å²) >= 11 is 0. The van der Waals surface area contributed by atoms with E-state index in [2.05, 4.69) is 4.99 Å². The highest BCUT2D eigenvalue weighted by Crippen LogP contribution is 2.31. The number of nitrogens with zero attached hydrogens (tertiary/aromatic N) is 2. The fourth-order valence-electron chi connectivity index (χ4n) is 2.97. The van der Waals surface area contributed by atoms with E-state index in [-0.39, 0.29) is 17.5 Å². The van der Waals surface area contributed by atoms with Crippen molar-refractivity contribution in [2.24, 2.45) is 4.99 Å². The van der Waals surface area contributed by atoms with E-state index in [0.717, 1.165) is 11.1 Å². The molecule has 31 heavy (non-hydrogen) atoms. The molecule has 0 bridgehead atoms. The SMILES string of the molecule is CCOc1cc(C=C2N=C(c3ccc(C)cc3)OC2=O)ccc1OC(C)C(=O)N(C)C. The number of amides is 1. The molecule has 0 saturated heterocycles. The molecule has 1 heterocycles. The van der Waals surface area contributed by atoms with Crippen molar-refractivity contribution in [3.8, 4) is 11.5 Å². The van der Waals surface area contributed by atoms with E-state index < -0.39 is 12.1 Å². The van der Waals surface area contributed by atoms with Gasteiger partial charge in [0.05, 0.1) is 6.61 Å². The summed E-state index contributed by atoms with van der Waals surface area (Å²) in [7, 11) is 3.35. The van der Waals surface area contributed by atoms with E-state index in [1.54, 1.807) is 45.3 Å². The van der Waals surface area contributed by atoms with Gasteiger partial charge in [0.25, 0.3) is 5.91 Å². The molecular weight excluding hydrogens is 396 g/mol. The van der Waals surface area contributed by atoms with Crippen molar-refractivity contribution < 1.29 is 23.8 Å². The standard InChI is InChI=1S/C24H26N2O5/c1-6-29-21-14-17(9-12-20(21)30-16(3)23(27)26(4)5)13-19-24(28)31-22(25-19)18-10-7-15(2)8-11-18/h7-14,16H,6H2,1-5H3. The van der Waals surface area contributed by atoms with Crippen LogP contribution in [0.25, 0.3) is 6.08 Å². The lowest BCUT2D eigenvalue weighted by molar-refractivity contribution is -0.135. The first-order valence-corrected chi connectivity index (χ1v) is 10.0. The van der Waals surface area contributed by atoms with Gasteiger partial charge >= 0.3 is 5.97 Å². The third-order valence-electron chi connectivity index (χ3n) is 4.58. The normalized spacial score (nSPS) is 15.3. The van der Waals surface area contributed by atoms with Crippen LogP contribution in [-0.2, 0) is 14.3 Å². The van der Waals surface area contributed by atoms with Crippen molar-refractivity contribution in [3.05, 3.63) is 64.9 Å². The summed E-state index contributed by atoms with van der Waals surface area (Å²) in [5.41, 5.74) is 2.74. The summed E-state index contributed by atoms with van der Waals surface area (Å²) in [6, 6.07) is 12.8. The Kier molecular flexibility index (Phi) is 6.74. The van der Waals surface area contributed by atoms with E-state index in [1.165, 1.54) is 4.90 Å². The predicted molar refractivity (Wildman–Crippen MR) is 118 cm³/mol. The van der Waals surface area contributed by atoms with E-state index in [4.69, 9.17) is 14.2 Å². The molecule has 1 atom stereocenters. The predicted octanol–water partition coefficient (Wildman–Crippen LogP) is 3.59. The maximum atomic E-state index is 12.3. The molecule has 1 amide bonds. The van der Waals surface area contributed by atoms with Crippen LogP contribution in [0, 0.1) is 6.92 Å². The lowest BCUT2D eigenvalue weighted by Crippen LogP contribution is -2.35. The second kappa shape index (κ2) is 9.47. The minimum Gasteiger partial charge on any atom is -0.490 e. The average Bonchev–Trinajstić information content (AvgIpc) is 3.10. The van der Waals surface area contributed by atoms with Crippen molar-refractivity contribution in [2.75, 3.05) is 20.7 Å². The lowest BCUT2D eigenvalue weighted by atomic mass is 10.1. The molecule has 7 nitrogen and oxygen atoms in total. The monoisotopic (exact) mass is 422 g/mol. The molecule has 3 rings (SSSR count). The van der Waals surface area contributed by atoms with Gasteiger partial charge < -0.3 is 19.1 Å². The zero-order chi connectivity index (χ0) is 22.5. The van der Waals surface area contributed by atoms with Crippen LogP contribution in [0.1, 0.15) is 30.5 Å². The Bertz CT molecular complexity index is 1040. The molecule has 0 spiro atoms. The van der Waals surface area contributed by atoms with Crippen LogP contribution >= 0.6 is 0 Å². The summed E-state index contributed by atoms with van der Waals surface area (Å²) in [6.07, 6.45) is 0.967. The van der Waals surface area contributed by atoms with Gasteiger partial charge in [-0.1, -0.05) is 23.8 Å². The second-order valence-corrected chi connectivity index (χ2v) is 7.33. The Morgan fingerprint density at radius 1 is 1.16 bits per heavy atom. The number of carbonyl (C=O) groups excluding carboxylic acids is 2. The number of carbonyl (C=O) groups is 2. The number of cyclic esters (lactones) is 1. The largest absolute Gasteiger partial charge is 0.490 e. The average molecular weight is 422 g/mol. The Labute approximate surface area is 181 Å². The van der Waals surface area contributed by atoms with Gasteiger partial charge in [0.1, 0.15) is 0 Å². The zero-order valence-electron chi connectivity index (χ0n) is 18.3. The van der Waals surface area contributed by atoms with E-state index >= 15 is 0 Å². The Balaban J connectivity index is 1.86. The van der Waals surface area contributed by atoms with Crippen molar-refractivity contribution in [3.63, 3.8) is 0 Å². The Morgan fingerprint density at radius 3 is 2.52 bits per heavy atom. The van der Waals surface area contributed by atoms with Crippen molar-refractivity contribution >= 4 is 23.9 Å². The molecule has 2 aromatic carbocycles. The van der Waals surface area contributed by atoms with Gasteiger partial charge in [-0.3, -0.25) is 4.79 Å². The summed E-state index contributed by atoms with van der Waals surface area (Å²) in [4.78, 5) is 30.2. The third kappa shape index (κ3) is 5.31. The molecule has 1 aliphatic rings. The number of aryl methyl sites for hydroxylation is 1. The van der Waals surface area contributed by atoms with Crippen LogP contribution in [-0.4, -0.2) is 49.5 Å². The molecular formula is C24H26N2O5. The number of esters is 1. The number of aliphatic imine (C=N–C) groups is 1. The van der Waals surface area contributed by atoms with Crippen LogP contribution < -0.4 is 9.47 Å². The molecule has 7 heteroatoms. The fourth-order valence-corrected chi connectivity index (χ4v) is 2.97. The van der Waals surface area contributed by atoms with Crippen molar-refractivity contribution in [1.29, 1.82) is 0 Å².